The number of hydrogen-bond donors (Lipinski definition) is 0. The van der Waals surface area contributed by atoms with E-state index in [-0.39, 0.29) is 18.2 Å². The summed E-state index contributed by atoms with van der Waals surface area (Å²) in [4.78, 5) is 13.9. The van der Waals surface area contributed by atoms with E-state index in [2.05, 4.69) is 0 Å². The second kappa shape index (κ2) is 7.29. The Morgan fingerprint density at radius 2 is 1.86 bits per heavy atom. The van der Waals surface area contributed by atoms with Gasteiger partial charge >= 0.3 is 0 Å². The average Bonchev–Trinajstić information content (AvgIpc) is 2.35. The molecule has 1 amide bonds. The summed E-state index contributed by atoms with van der Waals surface area (Å²) in [6.07, 6.45) is 4.23. The molecule has 0 bridgehead atoms. The van der Waals surface area contributed by atoms with Gasteiger partial charge in [-0.3, -0.25) is 4.79 Å². The van der Waals surface area contributed by atoms with E-state index in [4.69, 9.17) is 11.6 Å². The van der Waals surface area contributed by atoms with Gasteiger partial charge in [-0.05, 0) is 38.5 Å². The molecular formula is C16H22ClNO3S. The minimum atomic E-state index is -3.13. The van der Waals surface area contributed by atoms with Gasteiger partial charge in [-0.1, -0.05) is 29.8 Å². The molecule has 4 nitrogen and oxygen atoms in total. The van der Waals surface area contributed by atoms with Crippen molar-refractivity contribution in [1.82, 2.24) is 4.90 Å². The second-order valence-electron chi connectivity index (χ2n) is 6.15. The smallest absolute Gasteiger partial charge is 0.247 e. The lowest BCUT2D eigenvalue weighted by Crippen LogP contribution is -2.47. The van der Waals surface area contributed by atoms with Gasteiger partial charge in [-0.15, -0.1) is 0 Å². The van der Waals surface area contributed by atoms with Crippen LogP contribution in [0.2, 0.25) is 5.02 Å². The van der Waals surface area contributed by atoms with Gasteiger partial charge in [0.15, 0.2) is 0 Å². The Balaban J connectivity index is 2.91. The van der Waals surface area contributed by atoms with Crippen molar-refractivity contribution in [3.8, 4) is 0 Å². The first kappa shape index (κ1) is 18.7. The molecule has 1 rings (SSSR count). The maximum atomic E-state index is 12.4. The topological polar surface area (TPSA) is 54.5 Å². The summed E-state index contributed by atoms with van der Waals surface area (Å²) in [7, 11) is -3.13. The first-order valence-electron chi connectivity index (χ1n) is 6.92. The van der Waals surface area contributed by atoms with E-state index in [1.54, 1.807) is 17.0 Å². The van der Waals surface area contributed by atoms with E-state index < -0.39 is 15.4 Å². The highest BCUT2D eigenvalue weighted by Crippen LogP contribution is 2.18. The van der Waals surface area contributed by atoms with Crippen LogP contribution in [0.1, 0.15) is 26.3 Å². The molecule has 0 fully saturated rings. The summed E-state index contributed by atoms with van der Waals surface area (Å²) in [5.41, 5.74) is 0.279. The van der Waals surface area contributed by atoms with Crippen molar-refractivity contribution in [3.63, 3.8) is 0 Å². The largest absolute Gasteiger partial charge is 0.333 e. The maximum Gasteiger partial charge on any atom is 0.247 e. The fourth-order valence-corrected chi connectivity index (χ4v) is 2.61. The first-order chi connectivity index (χ1) is 10.0. The molecule has 0 aromatic heterocycles. The van der Waals surface area contributed by atoms with Crippen LogP contribution in [0.5, 0.6) is 0 Å². The van der Waals surface area contributed by atoms with Crippen molar-refractivity contribution < 1.29 is 13.2 Å². The van der Waals surface area contributed by atoms with Gasteiger partial charge in [0.25, 0.3) is 0 Å². The molecule has 0 aliphatic heterocycles. The van der Waals surface area contributed by atoms with Gasteiger partial charge in [0.2, 0.25) is 5.91 Å². The van der Waals surface area contributed by atoms with E-state index in [1.165, 1.54) is 6.08 Å². The van der Waals surface area contributed by atoms with Crippen molar-refractivity contribution in [2.45, 2.75) is 26.3 Å². The molecule has 0 aliphatic carbocycles. The van der Waals surface area contributed by atoms with Gasteiger partial charge in [-0.2, -0.15) is 0 Å². The number of amides is 1. The molecule has 1 aromatic rings. The Morgan fingerprint density at radius 3 is 2.36 bits per heavy atom. The van der Waals surface area contributed by atoms with Crippen LogP contribution in [0.15, 0.2) is 30.3 Å². The van der Waals surface area contributed by atoms with E-state index in [0.717, 1.165) is 11.8 Å². The average molecular weight is 344 g/mol. The van der Waals surface area contributed by atoms with Crippen LogP contribution in [0, 0.1) is 0 Å². The molecular weight excluding hydrogens is 322 g/mol. The van der Waals surface area contributed by atoms with Gasteiger partial charge < -0.3 is 4.90 Å². The molecule has 0 saturated heterocycles. The zero-order valence-corrected chi connectivity index (χ0v) is 14.9. The number of carbonyl (C=O) groups is 1. The lowest BCUT2D eigenvalue weighted by Gasteiger charge is -2.34. The number of sulfone groups is 1. The Kier molecular flexibility index (Phi) is 6.20. The number of nitrogens with zero attached hydrogens (tertiary/aromatic N) is 1. The SMILES string of the molecule is CC(C)(C)N(CCS(C)(=O)=O)C(=O)C=Cc1ccccc1Cl. The first-order valence-corrected chi connectivity index (χ1v) is 9.36. The molecule has 0 unspecified atom stereocenters. The number of benzene rings is 1. The predicted molar refractivity (Wildman–Crippen MR) is 91.7 cm³/mol. The molecule has 0 N–H and O–H groups in total. The third kappa shape index (κ3) is 6.20. The van der Waals surface area contributed by atoms with Crippen molar-refractivity contribution in [2.75, 3.05) is 18.6 Å². The van der Waals surface area contributed by atoms with Crippen molar-refractivity contribution in [3.05, 3.63) is 40.9 Å². The van der Waals surface area contributed by atoms with Crippen LogP contribution in [0.3, 0.4) is 0 Å². The fraction of sp³-hybridized carbons (Fsp3) is 0.438. The Morgan fingerprint density at radius 1 is 1.27 bits per heavy atom. The molecule has 122 valence electrons. The molecule has 6 heteroatoms. The number of hydrogen-bond acceptors (Lipinski definition) is 3. The highest BCUT2D eigenvalue weighted by molar-refractivity contribution is 7.90. The molecule has 0 radical (unpaired) electrons. The van der Waals surface area contributed by atoms with Crippen molar-refractivity contribution in [2.24, 2.45) is 0 Å². The van der Waals surface area contributed by atoms with E-state index in [9.17, 15) is 13.2 Å². The Bertz CT molecular complexity index is 660. The van der Waals surface area contributed by atoms with Gasteiger partial charge in [0.05, 0.1) is 5.75 Å². The summed E-state index contributed by atoms with van der Waals surface area (Å²) < 4.78 is 22.7. The van der Waals surface area contributed by atoms with E-state index in [1.807, 2.05) is 39.0 Å². The number of rotatable bonds is 5. The molecule has 0 aliphatic rings. The highest BCUT2D eigenvalue weighted by atomic mass is 35.5. The van der Waals surface area contributed by atoms with Crippen LogP contribution in [0.4, 0.5) is 0 Å². The summed E-state index contributed by atoms with van der Waals surface area (Å²) in [5.74, 6) is -0.299. The lowest BCUT2D eigenvalue weighted by atomic mass is 10.1. The molecule has 0 heterocycles. The van der Waals surface area contributed by atoms with Crippen LogP contribution < -0.4 is 0 Å². The Hall–Kier alpha value is -1.33. The number of carbonyl (C=O) groups excluding carboxylic acids is 1. The fourth-order valence-electron chi connectivity index (χ4n) is 1.89. The van der Waals surface area contributed by atoms with E-state index in [0.29, 0.717) is 5.02 Å². The molecule has 22 heavy (non-hydrogen) atoms. The molecule has 0 atom stereocenters. The maximum absolute atomic E-state index is 12.4. The normalized spacial score (nSPS) is 12.6. The second-order valence-corrected chi connectivity index (χ2v) is 8.81. The quantitative estimate of drug-likeness (QED) is 0.772. The van der Waals surface area contributed by atoms with E-state index >= 15 is 0 Å². The van der Waals surface area contributed by atoms with Crippen molar-refractivity contribution in [1.29, 1.82) is 0 Å². The Labute approximate surface area is 137 Å². The summed E-state index contributed by atoms with van der Waals surface area (Å²) in [6, 6.07) is 7.21. The van der Waals surface area contributed by atoms with Crippen LogP contribution >= 0.6 is 11.6 Å². The van der Waals surface area contributed by atoms with Crippen LogP contribution in [-0.2, 0) is 14.6 Å². The molecule has 1 aromatic carbocycles. The summed E-state index contributed by atoms with van der Waals surface area (Å²) >= 11 is 6.04. The van der Waals surface area contributed by atoms with Crippen LogP contribution in [-0.4, -0.2) is 43.3 Å². The van der Waals surface area contributed by atoms with Crippen molar-refractivity contribution >= 4 is 33.4 Å². The monoisotopic (exact) mass is 343 g/mol. The third-order valence-electron chi connectivity index (χ3n) is 3.07. The summed E-state index contributed by atoms with van der Waals surface area (Å²) in [6.45, 7) is 5.78. The van der Waals surface area contributed by atoms with Gasteiger partial charge in [0.1, 0.15) is 9.84 Å². The van der Waals surface area contributed by atoms with Gasteiger partial charge in [-0.25, -0.2) is 8.42 Å². The highest BCUT2D eigenvalue weighted by Gasteiger charge is 2.25. The molecule has 0 spiro atoms. The standard InChI is InChI=1S/C16H22ClNO3S/c1-16(2,3)18(11-12-22(4,20)21)15(19)10-9-13-7-5-6-8-14(13)17/h5-10H,11-12H2,1-4H3. The lowest BCUT2D eigenvalue weighted by molar-refractivity contribution is -0.130. The minimum Gasteiger partial charge on any atom is -0.333 e. The summed E-state index contributed by atoms with van der Waals surface area (Å²) in [5, 5.41) is 0.560. The third-order valence-corrected chi connectivity index (χ3v) is 4.34. The minimum absolute atomic E-state index is 0.0596. The zero-order valence-electron chi connectivity index (χ0n) is 13.3. The van der Waals surface area contributed by atoms with Gasteiger partial charge in [0, 0.05) is 29.4 Å². The number of halogens is 1. The zero-order chi connectivity index (χ0) is 17.0. The van der Waals surface area contributed by atoms with Crippen LogP contribution in [0.25, 0.3) is 6.08 Å². The predicted octanol–water partition coefficient (Wildman–Crippen LogP) is 3.02. The molecule has 0 saturated carbocycles.